The van der Waals surface area contributed by atoms with Crippen LogP contribution in [0.2, 0.25) is 5.02 Å². The monoisotopic (exact) mass is 380 g/mol. The molecule has 0 radical (unpaired) electrons. The molecule has 4 nitrogen and oxygen atoms in total. The average Bonchev–Trinajstić information content (AvgIpc) is 3.05. The predicted octanol–water partition coefficient (Wildman–Crippen LogP) is 3.58. The Morgan fingerprint density at radius 2 is 1.96 bits per heavy atom. The minimum atomic E-state index is -0.459. The van der Waals surface area contributed by atoms with E-state index in [9.17, 15) is 9.18 Å². The Balaban J connectivity index is 1.42. The molecule has 1 aromatic carbocycles. The Labute approximate surface area is 158 Å². The maximum Gasteiger partial charge on any atom is 0.223 e. The van der Waals surface area contributed by atoms with Gasteiger partial charge in [-0.1, -0.05) is 24.1 Å². The molecule has 3 N–H and O–H groups in total. The zero-order valence-corrected chi connectivity index (χ0v) is 15.6. The Morgan fingerprint density at radius 3 is 2.65 bits per heavy atom. The lowest BCUT2D eigenvalue weighted by molar-refractivity contribution is -0.129. The van der Waals surface area contributed by atoms with Crippen LogP contribution < -0.4 is 11.1 Å². The van der Waals surface area contributed by atoms with E-state index >= 15 is 0 Å². The Bertz CT molecular complexity index is 672. The fourth-order valence-corrected chi connectivity index (χ4v) is 5.18. The molecule has 2 aliphatic carbocycles. The van der Waals surface area contributed by atoms with E-state index in [1.165, 1.54) is 18.6 Å². The number of nitrogens with one attached hydrogen (secondary N) is 1. The van der Waals surface area contributed by atoms with E-state index in [1.54, 1.807) is 6.07 Å². The Hall–Kier alpha value is -1.17. The summed E-state index contributed by atoms with van der Waals surface area (Å²) in [5.74, 6) is 0.620. The summed E-state index contributed by atoms with van der Waals surface area (Å²) in [5.41, 5.74) is 7.06. The van der Waals surface area contributed by atoms with Gasteiger partial charge in [0.05, 0.1) is 11.1 Å². The predicted molar refractivity (Wildman–Crippen MR) is 98.2 cm³/mol. The lowest BCUT2D eigenvalue weighted by atomic mass is 9.65. The number of nitrogens with two attached hydrogens (primary N) is 1. The normalized spacial score (nSPS) is 36.7. The standard InChI is InChI=1S/C20H26ClFN2O2/c21-15-5-4-13(10-16(15)22)19-17(6-7-26-19)24-20(25)14-8-11-2-1-3-12(9-14)18(11)23/h4-5,10-12,14,17-19H,1-3,6-9,23H2,(H,24,25). The fraction of sp³-hybridized carbons (Fsp3) is 0.650. The van der Waals surface area contributed by atoms with E-state index in [0.29, 0.717) is 18.4 Å². The molecule has 1 aromatic rings. The van der Waals surface area contributed by atoms with Crippen LogP contribution in [0, 0.1) is 23.6 Å². The van der Waals surface area contributed by atoms with Gasteiger partial charge in [0.15, 0.2) is 0 Å². The van der Waals surface area contributed by atoms with Crippen LogP contribution >= 0.6 is 11.6 Å². The number of carbonyl (C=O) groups is 1. The molecule has 4 rings (SSSR count). The van der Waals surface area contributed by atoms with Crippen molar-refractivity contribution in [3.8, 4) is 0 Å². The number of carbonyl (C=O) groups excluding carboxylic acids is 1. The fourth-order valence-electron chi connectivity index (χ4n) is 5.06. The van der Waals surface area contributed by atoms with Crippen LogP contribution in [0.4, 0.5) is 4.39 Å². The first-order valence-electron chi connectivity index (χ1n) is 9.65. The smallest absolute Gasteiger partial charge is 0.223 e. The van der Waals surface area contributed by atoms with E-state index in [4.69, 9.17) is 22.1 Å². The first-order valence-corrected chi connectivity index (χ1v) is 10.0. The van der Waals surface area contributed by atoms with Crippen LogP contribution in [0.25, 0.3) is 0 Å². The Morgan fingerprint density at radius 1 is 1.23 bits per heavy atom. The molecule has 4 unspecified atom stereocenters. The summed E-state index contributed by atoms with van der Waals surface area (Å²) >= 11 is 5.77. The molecule has 2 saturated carbocycles. The van der Waals surface area contributed by atoms with Crippen LogP contribution in [0.1, 0.15) is 50.2 Å². The zero-order chi connectivity index (χ0) is 18.3. The lowest BCUT2D eigenvalue weighted by Crippen LogP contribution is -2.50. The maximum atomic E-state index is 13.8. The molecule has 1 aliphatic heterocycles. The van der Waals surface area contributed by atoms with Gasteiger partial charge >= 0.3 is 0 Å². The quantitative estimate of drug-likeness (QED) is 0.842. The summed E-state index contributed by atoms with van der Waals surface area (Å²) in [7, 11) is 0. The van der Waals surface area contributed by atoms with E-state index in [2.05, 4.69) is 5.32 Å². The third kappa shape index (κ3) is 3.49. The van der Waals surface area contributed by atoms with Crippen LogP contribution in [0.15, 0.2) is 18.2 Å². The summed E-state index contributed by atoms with van der Waals surface area (Å²) in [6.07, 6.45) is 5.70. The molecule has 2 bridgehead atoms. The summed E-state index contributed by atoms with van der Waals surface area (Å²) in [6.45, 7) is 0.556. The number of fused-ring (bicyclic) bond motifs is 2. The van der Waals surface area contributed by atoms with Gasteiger partial charge in [-0.05, 0) is 61.6 Å². The highest BCUT2D eigenvalue weighted by molar-refractivity contribution is 6.30. The van der Waals surface area contributed by atoms with Crippen molar-refractivity contribution in [3.63, 3.8) is 0 Å². The molecular formula is C20H26ClFN2O2. The maximum absolute atomic E-state index is 13.8. The van der Waals surface area contributed by atoms with Crippen molar-refractivity contribution in [2.75, 3.05) is 6.61 Å². The van der Waals surface area contributed by atoms with Crippen LogP contribution in [-0.4, -0.2) is 24.6 Å². The number of benzene rings is 1. The Kier molecular flexibility index (Phi) is 5.22. The lowest BCUT2D eigenvalue weighted by Gasteiger charge is -2.43. The minimum absolute atomic E-state index is 0.0355. The molecule has 4 atom stereocenters. The summed E-state index contributed by atoms with van der Waals surface area (Å²) in [4.78, 5) is 12.9. The van der Waals surface area contributed by atoms with Crippen molar-refractivity contribution in [2.45, 2.75) is 56.7 Å². The molecule has 142 valence electrons. The van der Waals surface area contributed by atoms with Gasteiger partial charge in [0.2, 0.25) is 5.91 Å². The van der Waals surface area contributed by atoms with Gasteiger partial charge in [-0.2, -0.15) is 0 Å². The van der Waals surface area contributed by atoms with Gasteiger partial charge in [-0.3, -0.25) is 4.79 Å². The van der Waals surface area contributed by atoms with E-state index < -0.39 is 5.82 Å². The van der Waals surface area contributed by atoms with E-state index in [-0.39, 0.29) is 35.0 Å². The molecule has 0 aromatic heterocycles. The number of amides is 1. The topological polar surface area (TPSA) is 64.4 Å². The van der Waals surface area contributed by atoms with E-state index in [1.807, 2.05) is 0 Å². The number of hydrogen-bond acceptors (Lipinski definition) is 3. The number of halogens is 2. The SMILES string of the molecule is NC1C2CCCC1CC(C(=O)NC1CCOC1c1ccc(Cl)c(F)c1)C2. The third-order valence-electron chi connectivity index (χ3n) is 6.48. The third-order valence-corrected chi connectivity index (χ3v) is 6.78. The molecule has 3 aliphatic rings. The molecule has 26 heavy (non-hydrogen) atoms. The second kappa shape index (κ2) is 7.45. The molecule has 3 fully saturated rings. The second-order valence-corrected chi connectivity index (χ2v) is 8.47. The van der Waals surface area contributed by atoms with Gasteiger partial charge in [-0.25, -0.2) is 4.39 Å². The summed E-state index contributed by atoms with van der Waals surface area (Å²) < 4.78 is 19.6. The van der Waals surface area contributed by atoms with Crippen LogP contribution in [0.5, 0.6) is 0 Å². The van der Waals surface area contributed by atoms with Crippen molar-refractivity contribution in [1.82, 2.24) is 5.32 Å². The molecular weight excluding hydrogens is 355 g/mol. The van der Waals surface area contributed by atoms with Crippen molar-refractivity contribution in [2.24, 2.45) is 23.5 Å². The van der Waals surface area contributed by atoms with Gasteiger partial charge in [0, 0.05) is 18.6 Å². The largest absolute Gasteiger partial charge is 0.371 e. The summed E-state index contributed by atoms with van der Waals surface area (Å²) in [6, 6.07) is 4.84. The number of rotatable bonds is 3. The van der Waals surface area contributed by atoms with Crippen molar-refractivity contribution in [1.29, 1.82) is 0 Å². The zero-order valence-electron chi connectivity index (χ0n) is 14.8. The van der Waals surface area contributed by atoms with Crippen molar-refractivity contribution >= 4 is 17.5 Å². The highest BCUT2D eigenvalue weighted by Gasteiger charge is 2.41. The second-order valence-electron chi connectivity index (χ2n) is 8.07. The van der Waals surface area contributed by atoms with Gasteiger partial charge < -0.3 is 15.8 Å². The van der Waals surface area contributed by atoms with E-state index in [0.717, 1.165) is 37.7 Å². The van der Waals surface area contributed by atoms with Gasteiger partial charge in [-0.15, -0.1) is 0 Å². The van der Waals surface area contributed by atoms with Crippen molar-refractivity contribution < 1.29 is 13.9 Å². The van der Waals surface area contributed by atoms with Crippen LogP contribution in [-0.2, 0) is 9.53 Å². The summed E-state index contributed by atoms with van der Waals surface area (Å²) in [5, 5.41) is 3.27. The van der Waals surface area contributed by atoms with Gasteiger partial charge in [0.25, 0.3) is 0 Å². The van der Waals surface area contributed by atoms with Gasteiger partial charge in [0.1, 0.15) is 11.9 Å². The molecule has 0 spiro atoms. The number of ether oxygens (including phenoxy) is 1. The highest BCUT2D eigenvalue weighted by Crippen LogP contribution is 2.42. The van der Waals surface area contributed by atoms with Crippen molar-refractivity contribution in [3.05, 3.63) is 34.6 Å². The number of hydrogen-bond donors (Lipinski definition) is 2. The average molecular weight is 381 g/mol. The molecule has 1 amide bonds. The minimum Gasteiger partial charge on any atom is -0.371 e. The molecule has 1 heterocycles. The molecule has 1 saturated heterocycles. The first kappa shape index (κ1) is 18.2. The molecule has 6 heteroatoms. The highest BCUT2D eigenvalue weighted by atomic mass is 35.5. The first-order chi connectivity index (χ1) is 12.5. The van der Waals surface area contributed by atoms with Crippen LogP contribution in [0.3, 0.4) is 0 Å².